The third kappa shape index (κ3) is 2.79. The predicted octanol–water partition coefficient (Wildman–Crippen LogP) is 1.64. The molecule has 1 saturated carbocycles. The summed E-state index contributed by atoms with van der Waals surface area (Å²) in [6.07, 6.45) is 1.19. The molecule has 1 fully saturated rings. The number of aromatic carboxylic acids is 1. The van der Waals surface area contributed by atoms with Crippen LogP contribution in [-0.4, -0.2) is 41.6 Å². The van der Waals surface area contributed by atoms with Gasteiger partial charge in [-0.2, -0.15) is 0 Å². The molecule has 122 valence electrons. The SMILES string of the molecule is CN(c1cc(C(=O)O)n(-c2ccc(F)cc2)n1)S(=O)(=O)C1CC1. The van der Waals surface area contributed by atoms with Crippen molar-refractivity contribution >= 4 is 21.8 Å². The summed E-state index contributed by atoms with van der Waals surface area (Å²) in [4.78, 5) is 11.4. The van der Waals surface area contributed by atoms with E-state index in [1.54, 1.807) is 0 Å². The Bertz CT molecular complexity index is 857. The lowest BCUT2D eigenvalue weighted by molar-refractivity contribution is 0.0687. The summed E-state index contributed by atoms with van der Waals surface area (Å²) in [6.45, 7) is 0. The minimum absolute atomic E-state index is 0.0126. The van der Waals surface area contributed by atoms with Gasteiger partial charge in [-0.1, -0.05) is 0 Å². The van der Waals surface area contributed by atoms with Crippen molar-refractivity contribution in [1.82, 2.24) is 9.78 Å². The molecule has 2 aromatic rings. The molecule has 7 nitrogen and oxygen atoms in total. The number of benzene rings is 1. The molecule has 0 aliphatic heterocycles. The fourth-order valence-electron chi connectivity index (χ4n) is 2.17. The van der Waals surface area contributed by atoms with Gasteiger partial charge in [-0.05, 0) is 37.1 Å². The maximum absolute atomic E-state index is 13.0. The second kappa shape index (κ2) is 5.34. The summed E-state index contributed by atoms with van der Waals surface area (Å²) in [5, 5.41) is 12.9. The van der Waals surface area contributed by atoms with E-state index in [2.05, 4.69) is 5.10 Å². The zero-order valence-electron chi connectivity index (χ0n) is 12.2. The minimum Gasteiger partial charge on any atom is -0.477 e. The van der Waals surface area contributed by atoms with Gasteiger partial charge >= 0.3 is 5.97 Å². The molecule has 9 heteroatoms. The van der Waals surface area contributed by atoms with Crippen molar-refractivity contribution in [3.8, 4) is 5.69 Å². The highest BCUT2D eigenvalue weighted by atomic mass is 32.2. The van der Waals surface area contributed by atoms with Crippen LogP contribution in [0, 0.1) is 5.82 Å². The molecular formula is C14H14FN3O4S. The van der Waals surface area contributed by atoms with Gasteiger partial charge in [0.2, 0.25) is 10.0 Å². The second-order valence-corrected chi connectivity index (χ2v) is 7.54. The van der Waals surface area contributed by atoms with Gasteiger partial charge in [-0.3, -0.25) is 4.31 Å². The quantitative estimate of drug-likeness (QED) is 0.894. The molecular weight excluding hydrogens is 325 g/mol. The Kier molecular flexibility index (Phi) is 3.59. The smallest absolute Gasteiger partial charge is 0.354 e. The first-order valence-corrected chi connectivity index (χ1v) is 8.38. The highest BCUT2D eigenvalue weighted by Crippen LogP contribution is 2.32. The first kappa shape index (κ1) is 15.5. The number of aromatic nitrogens is 2. The van der Waals surface area contributed by atoms with Crippen LogP contribution < -0.4 is 4.31 Å². The Morgan fingerprint density at radius 3 is 2.48 bits per heavy atom. The molecule has 0 amide bonds. The van der Waals surface area contributed by atoms with Gasteiger partial charge in [0.1, 0.15) is 5.82 Å². The average Bonchev–Trinajstić information content (AvgIpc) is 3.27. The number of nitrogens with zero attached hydrogens (tertiary/aromatic N) is 3. The zero-order valence-corrected chi connectivity index (χ0v) is 13.0. The minimum atomic E-state index is -3.53. The topological polar surface area (TPSA) is 92.5 Å². The number of carboxylic acid groups (broad SMARTS) is 1. The summed E-state index contributed by atoms with van der Waals surface area (Å²) < 4.78 is 39.6. The molecule has 1 aliphatic rings. The number of halogens is 1. The third-order valence-corrected chi connectivity index (χ3v) is 5.90. The van der Waals surface area contributed by atoms with E-state index >= 15 is 0 Å². The van der Waals surface area contributed by atoms with E-state index in [0.29, 0.717) is 18.5 Å². The molecule has 0 bridgehead atoms. The van der Waals surface area contributed by atoms with Crippen LogP contribution in [0.5, 0.6) is 0 Å². The van der Waals surface area contributed by atoms with Crippen molar-refractivity contribution < 1.29 is 22.7 Å². The summed E-state index contributed by atoms with van der Waals surface area (Å²) in [6, 6.07) is 6.27. The van der Waals surface area contributed by atoms with Crippen molar-refractivity contribution in [2.45, 2.75) is 18.1 Å². The molecule has 1 N–H and O–H groups in total. The number of hydrogen-bond donors (Lipinski definition) is 1. The van der Waals surface area contributed by atoms with Crippen LogP contribution in [0.1, 0.15) is 23.3 Å². The molecule has 0 saturated heterocycles. The van der Waals surface area contributed by atoms with Crippen molar-refractivity contribution in [3.63, 3.8) is 0 Å². The Morgan fingerprint density at radius 2 is 1.96 bits per heavy atom. The van der Waals surface area contributed by atoms with Crippen LogP contribution in [-0.2, 0) is 10.0 Å². The molecule has 0 spiro atoms. The summed E-state index contributed by atoms with van der Waals surface area (Å²) >= 11 is 0. The predicted molar refractivity (Wildman–Crippen MR) is 80.8 cm³/mol. The van der Waals surface area contributed by atoms with Crippen LogP contribution in [0.2, 0.25) is 0 Å². The molecule has 3 rings (SSSR count). The van der Waals surface area contributed by atoms with E-state index in [1.807, 2.05) is 0 Å². The largest absolute Gasteiger partial charge is 0.477 e. The van der Waals surface area contributed by atoms with Crippen LogP contribution >= 0.6 is 0 Å². The molecule has 1 aromatic carbocycles. The highest BCUT2D eigenvalue weighted by Gasteiger charge is 2.39. The van der Waals surface area contributed by atoms with Gasteiger partial charge in [0.15, 0.2) is 11.5 Å². The number of carboxylic acids is 1. The molecule has 0 radical (unpaired) electrons. The van der Waals surface area contributed by atoms with E-state index in [0.717, 1.165) is 8.99 Å². The number of sulfonamides is 1. The van der Waals surface area contributed by atoms with Crippen molar-refractivity contribution in [1.29, 1.82) is 0 Å². The standard InChI is InChI=1S/C14H14FN3O4S/c1-17(23(21,22)11-6-7-11)13-8-12(14(19)20)18(16-13)10-4-2-9(15)3-5-10/h2-5,8,11H,6-7H2,1H3,(H,19,20). The maximum atomic E-state index is 13.0. The number of carbonyl (C=O) groups is 1. The van der Waals surface area contributed by atoms with Crippen molar-refractivity contribution in [2.24, 2.45) is 0 Å². The van der Waals surface area contributed by atoms with E-state index in [4.69, 9.17) is 0 Å². The Morgan fingerprint density at radius 1 is 1.35 bits per heavy atom. The van der Waals surface area contributed by atoms with Gasteiger partial charge in [0.25, 0.3) is 0 Å². The normalized spacial score (nSPS) is 14.7. The summed E-state index contributed by atoms with van der Waals surface area (Å²) in [7, 11) is -2.19. The molecule has 0 unspecified atom stereocenters. The Labute approximate surface area is 132 Å². The lowest BCUT2D eigenvalue weighted by Gasteiger charge is -2.15. The fourth-order valence-corrected chi connectivity index (χ4v) is 3.70. The number of anilines is 1. The first-order chi connectivity index (χ1) is 10.8. The molecule has 1 heterocycles. The molecule has 1 aliphatic carbocycles. The van der Waals surface area contributed by atoms with E-state index in [1.165, 1.54) is 37.4 Å². The monoisotopic (exact) mass is 339 g/mol. The van der Waals surface area contributed by atoms with Crippen LogP contribution in [0.15, 0.2) is 30.3 Å². The van der Waals surface area contributed by atoms with Gasteiger partial charge in [0, 0.05) is 13.1 Å². The third-order valence-electron chi connectivity index (χ3n) is 3.64. The van der Waals surface area contributed by atoms with Crippen LogP contribution in [0.3, 0.4) is 0 Å². The fraction of sp³-hybridized carbons (Fsp3) is 0.286. The number of hydrogen-bond acceptors (Lipinski definition) is 4. The molecule has 0 atom stereocenters. The van der Waals surface area contributed by atoms with Crippen LogP contribution in [0.4, 0.5) is 10.2 Å². The Hall–Kier alpha value is -2.42. The van der Waals surface area contributed by atoms with Gasteiger partial charge in [-0.15, -0.1) is 5.10 Å². The zero-order chi connectivity index (χ0) is 16.8. The molecule has 1 aromatic heterocycles. The molecule has 23 heavy (non-hydrogen) atoms. The lowest BCUT2D eigenvalue weighted by atomic mass is 10.3. The van der Waals surface area contributed by atoms with Crippen molar-refractivity contribution in [3.05, 3.63) is 41.8 Å². The average molecular weight is 339 g/mol. The second-order valence-electron chi connectivity index (χ2n) is 5.29. The maximum Gasteiger partial charge on any atom is 0.354 e. The number of rotatable bonds is 5. The van der Waals surface area contributed by atoms with Gasteiger partial charge < -0.3 is 5.11 Å². The lowest BCUT2D eigenvalue weighted by Crippen LogP contribution is -2.30. The first-order valence-electron chi connectivity index (χ1n) is 6.88. The van der Waals surface area contributed by atoms with Crippen molar-refractivity contribution in [2.75, 3.05) is 11.4 Å². The Balaban J connectivity index is 2.05. The highest BCUT2D eigenvalue weighted by molar-refractivity contribution is 7.93. The van der Waals surface area contributed by atoms with E-state index in [-0.39, 0.29) is 11.5 Å². The van der Waals surface area contributed by atoms with E-state index < -0.39 is 27.1 Å². The van der Waals surface area contributed by atoms with Gasteiger partial charge in [0.05, 0.1) is 10.9 Å². The van der Waals surface area contributed by atoms with Gasteiger partial charge in [-0.25, -0.2) is 22.3 Å². The summed E-state index contributed by atoms with van der Waals surface area (Å²) in [5.41, 5.74) is 0.122. The summed E-state index contributed by atoms with van der Waals surface area (Å²) in [5.74, 6) is -1.71. The van der Waals surface area contributed by atoms with Crippen LogP contribution in [0.25, 0.3) is 5.69 Å². The van der Waals surface area contributed by atoms with E-state index in [9.17, 15) is 22.7 Å².